The number of fused-ring (bicyclic) bond motifs is 1. The second-order valence-electron chi connectivity index (χ2n) is 7.02. The van der Waals surface area contributed by atoms with Crippen LogP contribution in [-0.2, 0) is 11.4 Å². The average Bonchev–Trinajstić information content (AvgIpc) is 2.83. The molecule has 0 aliphatic heterocycles. The smallest absolute Gasteiger partial charge is 0.277 e. The van der Waals surface area contributed by atoms with Crippen LogP contribution in [0.25, 0.3) is 10.9 Å². The van der Waals surface area contributed by atoms with Crippen LogP contribution in [0.5, 0.6) is 11.5 Å². The zero-order valence-electron chi connectivity index (χ0n) is 17.4. The number of rotatable bonds is 8. The second-order valence-corrected chi connectivity index (χ2v) is 9.12. The summed E-state index contributed by atoms with van der Waals surface area (Å²) < 4.78 is 13.5. The summed E-state index contributed by atoms with van der Waals surface area (Å²) in [6.07, 6.45) is 3.25. The molecule has 0 saturated heterocycles. The Morgan fingerprint density at radius 3 is 2.67 bits per heavy atom. The third-order valence-electron chi connectivity index (χ3n) is 4.62. The van der Waals surface area contributed by atoms with Crippen LogP contribution in [0, 0.1) is 3.57 Å². The first-order chi connectivity index (χ1) is 16.1. The number of aromatic nitrogens is 1. The molecule has 3 aromatic carbocycles. The van der Waals surface area contributed by atoms with Gasteiger partial charge < -0.3 is 9.47 Å². The first-order valence-electron chi connectivity index (χ1n) is 10.0. The fourth-order valence-corrected chi connectivity index (χ4v) is 3.87. The lowest BCUT2D eigenvalue weighted by molar-refractivity contribution is -0.123. The highest BCUT2D eigenvalue weighted by atomic mass is 127. The van der Waals surface area contributed by atoms with Gasteiger partial charge in [0.05, 0.1) is 10.7 Å². The molecular weight excluding hydrogens is 597 g/mol. The molecule has 4 aromatic rings. The van der Waals surface area contributed by atoms with E-state index in [9.17, 15) is 4.79 Å². The van der Waals surface area contributed by atoms with E-state index in [0.717, 1.165) is 26.7 Å². The number of carbonyl (C=O) groups is 1. The third kappa shape index (κ3) is 6.52. The zero-order chi connectivity index (χ0) is 23.0. The summed E-state index contributed by atoms with van der Waals surface area (Å²) in [4.78, 5) is 16.4. The van der Waals surface area contributed by atoms with Crippen molar-refractivity contribution in [1.29, 1.82) is 0 Å². The van der Waals surface area contributed by atoms with E-state index in [1.54, 1.807) is 18.5 Å². The molecule has 0 spiro atoms. The van der Waals surface area contributed by atoms with Crippen molar-refractivity contribution < 1.29 is 14.3 Å². The van der Waals surface area contributed by atoms with E-state index in [-0.39, 0.29) is 12.5 Å². The molecule has 1 N–H and O–H groups in total. The quantitative estimate of drug-likeness (QED) is 0.157. The number of nitrogens with one attached hydrogen (secondary N) is 1. The Labute approximate surface area is 213 Å². The van der Waals surface area contributed by atoms with Gasteiger partial charge in [-0.15, -0.1) is 0 Å². The lowest BCUT2D eigenvalue weighted by atomic mass is 10.2. The maximum Gasteiger partial charge on any atom is 0.277 e. The highest BCUT2D eigenvalue weighted by Crippen LogP contribution is 2.26. The Morgan fingerprint density at radius 1 is 1.03 bits per heavy atom. The number of carbonyl (C=O) groups excluding carboxylic acids is 1. The SMILES string of the molecule is O=C(COc1cccc2cccnc12)N/N=C/c1ccc(OCc2ccc(I)cc2)c(Br)c1. The summed E-state index contributed by atoms with van der Waals surface area (Å²) in [6.45, 7) is 0.313. The minimum atomic E-state index is -0.365. The predicted octanol–water partition coefficient (Wildman–Crippen LogP) is 5.71. The molecule has 4 rings (SSSR count). The van der Waals surface area contributed by atoms with Gasteiger partial charge >= 0.3 is 0 Å². The minimum absolute atomic E-state index is 0.165. The maximum absolute atomic E-state index is 12.1. The summed E-state index contributed by atoms with van der Waals surface area (Å²) in [5.74, 6) is 0.916. The van der Waals surface area contributed by atoms with Crippen LogP contribution < -0.4 is 14.9 Å². The topological polar surface area (TPSA) is 72.8 Å². The van der Waals surface area contributed by atoms with Gasteiger partial charge in [0.1, 0.15) is 23.6 Å². The van der Waals surface area contributed by atoms with Crippen LogP contribution in [-0.4, -0.2) is 23.7 Å². The Kier molecular flexibility index (Phi) is 7.90. The molecule has 6 nitrogen and oxygen atoms in total. The van der Waals surface area contributed by atoms with E-state index < -0.39 is 0 Å². The Hall–Kier alpha value is -2.98. The molecule has 0 aliphatic rings. The molecule has 1 aromatic heterocycles. The first-order valence-corrected chi connectivity index (χ1v) is 11.9. The molecule has 33 heavy (non-hydrogen) atoms. The zero-order valence-corrected chi connectivity index (χ0v) is 21.1. The van der Waals surface area contributed by atoms with Gasteiger partial charge in [0, 0.05) is 15.2 Å². The normalized spacial score (nSPS) is 11.0. The number of hydrazone groups is 1. The monoisotopic (exact) mass is 615 g/mol. The summed E-state index contributed by atoms with van der Waals surface area (Å²) in [5.41, 5.74) is 5.09. The summed E-state index contributed by atoms with van der Waals surface area (Å²) >= 11 is 5.80. The molecule has 0 bridgehead atoms. The molecule has 1 heterocycles. The van der Waals surface area contributed by atoms with Crippen molar-refractivity contribution in [2.75, 3.05) is 6.61 Å². The van der Waals surface area contributed by atoms with Gasteiger partial charge in [0.2, 0.25) is 0 Å². The largest absolute Gasteiger partial charge is 0.488 e. The summed E-state index contributed by atoms with van der Waals surface area (Å²) in [6, 6.07) is 23.2. The molecule has 0 fully saturated rings. The fourth-order valence-electron chi connectivity index (χ4n) is 3.00. The van der Waals surface area contributed by atoms with Crippen LogP contribution in [0.3, 0.4) is 0 Å². The Morgan fingerprint density at radius 2 is 1.85 bits per heavy atom. The molecule has 0 aliphatic carbocycles. The molecule has 0 unspecified atom stereocenters. The van der Waals surface area contributed by atoms with E-state index in [1.165, 1.54) is 3.57 Å². The minimum Gasteiger partial charge on any atom is -0.488 e. The molecule has 0 atom stereocenters. The van der Waals surface area contributed by atoms with Crippen molar-refractivity contribution in [2.45, 2.75) is 6.61 Å². The number of hydrogen-bond acceptors (Lipinski definition) is 5. The Bertz CT molecular complexity index is 1290. The number of ether oxygens (including phenoxy) is 2. The lowest BCUT2D eigenvalue weighted by Gasteiger charge is -2.09. The fraction of sp³-hybridized carbons (Fsp3) is 0.0800. The standard InChI is InChI=1S/C25H19BrIN3O3/c26-21-13-18(8-11-22(21)32-15-17-6-9-20(27)10-7-17)14-29-30-24(31)16-33-23-5-1-3-19-4-2-12-28-25(19)23/h1-14H,15-16H2,(H,30,31)/b29-14+. The van der Waals surface area contributed by atoms with Gasteiger partial charge in [-0.25, -0.2) is 5.43 Å². The molecule has 0 radical (unpaired) electrons. The number of pyridine rings is 1. The van der Waals surface area contributed by atoms with Crippen molar-refractivity contribution in [3.63, 3.8) is 0 Å². The van der Waals surface area contributed by atoms with Crippen molar-refractivity contribution in [3.05, 3.63) is 98.2 Å². The van der Waals surface area contributed by atoms with Crippen molar-refractivity contribution in [2.24, 2.45) is 5.10 Å². The molecular formula is C25H19BrIN3O3. The number of hydrogen-bond donors (Lipinski definition) is 1. The second kappa shape index (κ2) is 11.2. The van der Waals surface area contributed by atoms with Crippen LogP contribution in [0.15, 0.2) is 88.6 Å². The number of benzene rings is 3. The van der Waals surface area contributed by atoms with E-state index in [4.69, 9.17) is 9.47 Å². The third-order valence-corrected chi connectivity index (χ3v) is 5.96. The maximum atomic E-state index is 12.1. The summed E-state index contributed by atoms with van der Waals surface area (Å²) in [7, 11) is 0. The lowest BCUT2D eigenvalue weighted by Crippen LogP contribution is -2.24. The van der Waals surface area contributed by atoms with E-state index in [2.05, 4.69) is 54.0 Å². The van der Waals surface area contributed by atoms with E-state index >= 15 is 0 Å². The highest BCUT2D eigenvalue weighted by Gasteiger charge is 2.06. The molecule has 1 amide bonds. The Balaban J connectivity index is 1.28. The van der Waals surface area contributed by atoms with Crippen LogP contribution in [0.4, 0.5) is 0 Å². The van der Waals surface area contributed by atoms with Gasteiger partial charge in [-0.05, 0) is 92.1 Å². The van der Waals surface area contributed by atoms with Gasteiger partial charge in [0.25, 0.3) is 5.91 Å². The van der Waals surface area contributed by atoms with Crippen molar-refractivity contribution >= 4 is 61.5 Å². The average molecular weight is 616 g/mol. The number of nitrogens with zero attached hydrogens (tertiary/aromatic N) is 2. The predicted molar refractivity (Wildman–Crippen MR) is 141 cm³/mol. The van der Waals surface area contributed by atoms with Crippen LogP contribution in [0.2, 0.25) is 0 Å². The van der Waals surface area contributed by atoms with Crippen molar-refractivity contribution in [1.82, 2.24) is 10.4 Å². The molecule has 8 heteroatoms. The van der Waals surface area contributed by atoms with Gasteiger partial charge in [-0.3, -0.25) is 9.78 Å². The first kappa shape index (κ1) is 23.2. The molecule has 0 saturated carbocycles. The van der Waals surface area contributed by atoms with Crippen molar-refractivity contribution in [3.8, 4) is 11.5 Å². The summed E-state index contributed by atoms with van der Waals surface area (Å²) in [5, 5.41) is 4.96. The van der Waals surface area contributed by atoms with Crippen LogP contribution >= 0.6 is 38.5 Å². The number of amides is 1. The van der Waals surface area contributed by atoms with Gasteiger partial charge in [-0.2, -0.15) is 5.10 Å². The number of para-hydroxylation sites is 1. The van der Waals surface area contributed by atoms with Gasteiger partial charge in [-0.1, -0.05) is 30.3 Å². The van der Waals surface area contributed by atoms with E-state index in [1.807, 2.05) is 66.7 Å². The molecule has 166 valence electrons. The van der Waals surface area contributed by atoms with E-state index in [0.29, 0.717) is 17.9 Å². The number of halogens is 2. The van der Waals surface area contributed by atoms with Gasteiger partial charge in [0.15, 0.2) is 6.61 Å². The van der Waals surface area contributed by atoms with Crippen LogP contribution in [0.1, 0.15) is 11.1 Å². The highest BCUT2D eigenvalue weighted by molar-refractivity contribution is 14.1.